The number of halogens is 1. The number of rotatable bonds is 2. The Kier molecular flexibility index (Phi) is 3.99. The van der Waals surface area contributed by atoms with Crippen LogP contribution in [0.15, 0.2) is 18.2 Å². The third kappa shape index (κ3) is 3.06. The molecule has 0 aromatic heterocycles. The van der Waals surface area contributed by atoms with E-state index in [9.17, 15) is 0 Å². The van der Waals surface area contributed by atoms with Crippen molar-refractivity contribution in [2.75, 3.05) is 18.8 Å². The van der Waals surface area contributed by atoms with Crippen molar-refractivity contribution in [3.05, 3.63) is 28.8 Å². The number of nitrogens with two attached hydrogens (primary N) is 1. The van der Waals surface area contributed by atoms with Crippen LogP contribution in [0.1, 0.15) is 37.7 Å². The molecule has 2 N–H and O–H groups in total. The smallest absolute Gasteiger partial charge is 0.0410 e. The number of piperidine rings is 1. The molecule has 2 unspecified atom stereocenters. The van der Waals surface area contributed by atoms with Gasteiger partial charge in [0.15, 0.2) is 0 Å². The van der Waals surface area contributed by atoms with Gasteiger partial charge in [0.25, 0.3) is 0 Å². The maximum Gasteiger partial charge on any atom is 0.0410 e. The van der Waals surface area contributed by atoms with Crippen molar-refractivity contribution in [2.45, 2.75) is 38.6 Å². The van der Waals surface area contributed by atoms with Crippen LogP contribution in [0.25, 0.3) is 0 Å². The van der Waals surface area contributed by atoms with Crippen molar-refractivity contribution in [3.63, 3.8) is 0 Å². The van der Waals surface area contributed by atoms with Crippen LogP contribution in [0.5, 0.6) is 0 Å². The van der Waals surface area contributed by atoms with Crippen molar-refractivity contribution >= 4 is 17.3 Å². The quantitative estimate of drug-likeness (QED) is 0.831. The molecule has 2 fully saturated rings. The number of fused-ring (bicyclic) bond motifs is 1. The fourth-order valence-corrected chi connectivity index (χ4v) is 3.97. The van der Waals surface area contributed by atoms with Gasteiger partial charge in [0.05, 0.1) is 0 Å². The molecule has 2 atom stereocenters. The maximum atomic E-state index is 6.07. The molecule has 1 aromatic rings. The van der Waals surface area contributed by atoms with Gasteiger partial charge in [0, 0.05) is 23.8 Å². The van der Waals surface area contributed by atoms with E-state index < -0.39 is 0 Å². The van der Waals surface area contributed by atoms with Crippen LogP contribution < -0.4 is 5.73 Å². The second-order valence-corrected chi connectivity index (χ2v) is 6.61. The van der Waals surface area contributed by atoms with E-state index in [0.717, 1.165) is 29.1 Å². The Morgan fingerprint density at radius 2 is 1.95 bits per heavy atom. The molecule has 1 aliphatic heterocycles. The highest BCUT2D eigenvalue weighted by atomic mass is 35.5. The number of anilines is 1. The van der Waals surface area contributed by atoms with Gasteiger partial charge in [-0.25, -0.2) is 0 Å². The molecule has 0 radical (unpaired) electrons. The van der Waals surface area contributed by atoms with E-state index in [1.165, 1.54) is 50.8 Å². The Hall–Kier alpha value is -0.730. The minimum absolute atomic E-state index is 0.789. The van der Waals surface area contributed by atoms with Gasteiger partial charge in [-0.2, -0.15) is 0 Å². The summed E-state index contributed by atoms with van der Waals surface area (Å²) in [5, 5.41) is 0.789. The van der Waals surface area contributed by atoms with Crippen LogP contribution in [0.4, 0.5) is 5.69 Å². The van der Waals surface area contributed by atoms with Crippen LogP contribution in [-0.4, -0.2) is 18.0 Å². The van der Waals surface area contributed by atoms with Crippen LogP contribution in [0.2, 0.25) is 5.02 Å². The third-order valence-corrected chi connectivity index (χ3v) is 5.11. The normalized spacial score (nSPS) is 28.1. The first-order chi connectivity index (χ1) is 9.22. The summed E-state index contributed by atoms with van der Waals surface area (Å²) in [4.78, 5) is 2.56. The zero-order chi connectivity index (χ0) is 13.2. The summed E-state index contributed by atoms with van der Waals surface area (Å²) in [7, 11) is 0. The Morgan fingerprint density at radius 1 is 1.16 bits per heavy atom. The molecule has 3 heteroatoms. The van der Waals surface area contributed by atoms with E-state index in [0.29, 0.717) is 0 Å². The van der Waals surface area contributed by atoms with Crippen molar-refractivity contribution < 1.29 is 0 Å². The van der Waals surface area contributed by atoms with Crippen LogP contribution in [0, 0.1) is 11.8 Å². The molecule has 19 heavy (non-hydrogen) atoms. The van der Waals surface area contributed by atoms with E-state index in [1.807, 2.05) is 18.2 Å². The molecule has 2 aliphatic rings. The molecule has 3 rings (SSSR count). The molecular formula is C16H23ClN2. The summed E-state index contributed by atoms with van der Waals surface area (Å²) >= 11 is 6.07. The van der Waals surface area contributed by atoms with Crippen molar-refractivity contribution in [3.8, 4) is 0 Å². The number of hydrogen-bond donors (Lipinski definition) is 1. The van der Waals surface area contributed by atoms with E-state index in [4.69, 9.17) is 17.3 Å². The molecule has 1 aromatic carbocycles. The van der Waals surface area contributed by atoms with Crippen LogP contribution in [0.3, 0.4) is 0 Å². The number of nitrogens with zero attached hydrogens (tertiary/aromatic N) is 1. The van der Waals surface area contributed by atoms with Gasteiger partial charge >= 0.3 is 0 Å². The maximum absolute atomic E-state index is 6.07. The zero-order valence-electron chi connectivity index (χ0n) is 11.4. The van der Waals surface area contributed by atoms with E-state index in [-0.39, 0.29) is 0 Å². The van der Waals surface area contributed by atoms with Gasteiger partial charge in [0.1, 0.15) is 0 Å². The number of benzene rings is 1. The van der Waals surface area contributed by atoms with Crippen LogP contribution in [-0.2, 0) is 6.54 Å². The summed E-state index contributed by atoms with van der Waals surface area (Å²) in [5.74, 6) is 1.91. The minimum atomic E-state index is 0.789. The lowest BCUT2D eigenvalue weighted by Crippen LogP contribution is -2.41. The largest absolute Gasteiger partial charge is 0.398 e. The summed E-state index contributed by atoms with van der Waals surface area (Å²) in [5.41, 5.74) is 8.11. The average Bonchev–Trinajstić information content (AvgIpc) is 2.43. The van der Waals surface area contributed by atoms with Gasteiger partial charge in [-0.3, -0.25) is 4.90 Å². The Bertz CT molecular complexity index is 446. The van der Waals surface area contributed by atoms with Gasteiger partial charge in [-0.1, -0.05) is 30.9 Å². The third-order valence-electron chi connectivity index (χ3n) is 4.87. The first kappa shape index (κ1) is 13.3. The van der Waals surface area contributed by atoms with Gasteiger partial charge < -0.3 is 5.73 Å². The molecule has 0 bridgehead atoms. The number of hydrogen-bond acceptors (Lipinski definition) is 2. The summed E-state index contributed by atoms with van der Waals surface area (Å²) in [6, 6.07) is 5.81. The summed E-state index contributed by atoms with van der Waals surface area (Å²) < 4.78 is 0. The molecular weight excluding hydrogens is 256 g/mol. The highest BCUT2D eigenvalue weighted by Crippen LogP contribution is 2.36. The predicted octanol–water partition coefficient (Wildman–Crippen LogP) is 3.93. The SMILES string of the molecule is Nc1ccc(Cl)cc1CN1CCC2CCCCC2C1. The topological polar surface area (TPSA) is 29.3 Å². The molecule has 2 nitrogen and oxygen atoms in total. The molecule has 1 saturated carbocycles. The van der Waals surface area contributed by atoms with Gasteiger partial charge in [-0.15, -0.1) is 0 Å². The first-order valence-corrected chi connectivity index (χ1v) is 7.86. The molecule has 1 saturated heterocycles. The Balaban J connectivity index is 1.65. The highest BCUT2D eigenvalue weighted by molar-refractivity contribution is 6.30. The molecule has 104 valence electrons. The standard InChI is InChI=1S/C16H23ClN2/c17-15-5-6-16(18)14(9-15)11-19-8-7-12-3-1-2-4-13(12)10-19/h5-6,9,12-13H,1-4,7-8,10-11,18H2. The zero-order valence-corrected chi connectivity index (χ0v) is 12.2. The molecule has 0 spiro atoms. The molecule has 0 amide bonds. The Morgan fingerprint density at radius 3 is 2.79 bits per heavy atom. The Labute approximate surface area is 120 Å². The molecule has 1 heterocycles. The van der Waals surface area contributed by atoms with Gasteiger partial charge in [0.2, 0.25) is 0 Å². The second-order valence-electron chi connectivity index (χ2n) is 6.17. The fraction of sp³-hybridized carbons (Fsp3) is 0.625. The number of likely N-dealkylation sites (tertiary alicyclic amines) is 1. The lowest BCUT2D eigenvalue weighted by molar-refractivity contribution is 0.0822. The molecule has 1 aliphatic carbocycles. The van der Waals surface area contributed by atoms with E-state index >= 15 is 0 Å². The summed E-state index contributed by atoms with van der Waals surface area (Å²) in [6.07, 6.45) is 7.12. The van der Waals surface area contributed by atoms with Crippen molar-refractivity contribution in [1.82, 2.24) is 4.90 Å². The van der Waals surface area contributed by atoms with E-state index in [2.05, 4.69) is 4.90 Å². The van der Waals surface area contributed by atoms with Crippen LogP contribution >= 0.6 is 11.6 Å². The van der Waals surface area contributed by atoms with Gasteiger partial charge in [-0.05, 0) is 55.0 Å². The number of nitrogen functional groups attached to an aromatic ring is 1. The lowest BCUT2D eigenvalue weighted by Gasteiger charge is -2.41. The summed E-state index contributed by atoms with van der Waals surface area (Å²) in [6.45, 7) is 3.42. The van der Waals surface area contributed by atoms with Crippen molar-refractivity contribution in [1.29, 1.82) is 0 Å². The van der Waals surface area contributed by atoms with E-state index in [1.54, 1.807) is 0 Å². The second kappa shape index (κ2) is 5.72. The van der Waals surface area contributed by atoms with Crippen molar-refractivity contribution in [2.24, 2.45) is 11.8 Å². The highest BCUT2D eigenvalue weighted by Gasteiger charge is 2.31. The lowest BCUT2D eigenvalue weighted by atomic mass is 9.75. The predicted molar refractivity (Wildman–Crippen MR) is 81.2 cm³/mol. The first-order valence-electron chi connectivity index (χ1n) is 7.48. The average molecular weight is 279 g/mol. The fourth-order valence-electron chi connectivity index (χ4n) is 3.77. The monoisotopic (exact) mass is 278 g/mol. The minimum Gasteiger partial charge on any atom is -0.398 e.